The molecule has 0 aliphatic carbocycles. The lowest BCUT2D eigenvalue weighted by molar-refractivity contribution is -0.136. The van der Waals surface area contributed by atoms with E-state index in [2.05, 4.69) is 46.0 Å². The smallest absolute Gasteiger partial charge is 0.273 e. The highest BCUT2D eigenvalue weighted by atomic mass is 28.4. The van der Waals surface area contributed by atoms with E-state index >= 15 is 0 Å². The van der Waals surface area contributed by atoms with Crippen LogP contribution in [0.25, 0.3) is 0 Å². The number of carbonyl (C=O) groups excluding carboxylic acids is 1. The van der Waals surface area contributed by atoms with Gasteiger partial charge in [0.15, 0.2) is 8.32 Å². The zero-order valence-corrected chi connectivity index (χ0v) is 18.1. The van der Waals surface area contributed by atoms with Gasteiger partial charge in [-0.3, -0.25) is 4.79 Å². The predicted octanol–water partition coefficient (Wildman–Crippen LogP) is 4.71. The quantitative estimate of drug-likeness (QED) is 0.732. The molecular weight excluding hydrogens is 329 g/mol. The second-order valence-electron chi connectivity index (χ2n) is 10.4. The summed E-state index contributed by atoms with van der Waals surface area (Å²) in [6.07, 6.45) is 7.48. The number of carbonyl (C=O) groups is 1. The van der Waals surface area contributed by atoms with E-state index in [-0.39, 0.29) is 23.0 Å². The van der Waals surface area contributed by atoms with Crippen LogP contribution in [0.3, 0.4) is 0 Å². The summed E-state index contributed by atoms with van der Waals surface area (Å²) < 4.78 is 12.5. The van der Waals surface area contributed by atoms with Gasteiger partial charge in [0.1, 0.15) is 0 Å². The van der Waals surface area contributed by atoms with Crippen LogP contribution in [0.5, 0.6) is 0 Å². The molecular formula is C19H37BNO3Si-. The lowest BCUT2D eigenvalue weighted by Gasteiger charge is -2.55. The zero-order chi connectivity index (χ0) is 18.5. The normalized spacial score (nSPS) is 37.2. The van der Waals surface area contributed by atoms with Gasteiger partial charge in [-0.1, -0.05) is 66.2 Å². The first-order valence-corrected chi connectivity index (χ1v) is 13.3. The van der Waals surface area contributed by atoms with E-state index in [4.69, 9.17) is 9.08 Å². The van der Waals surface area contributed by atoms with Crippen LogP contribution < -0.4 is 5.23 Å². The highest BCUT2D eigenvalue weighted by Crippen LogP contribution is 2.54. The van der Waals surface area contributed by atoms with Crippen molar-refractivity contribution in [2.75, 3.05) is 6.61 Å². The molecule has 0 unspecified atom stereocenters. The summed E-state index contributed by atoms with van der Waals surface area (Å²) in [5, 5.41) is 3.96. The Hall–Kier alpha value is -0.328. The molecule has 3 heterocycles. The summed E-state index contributed by atoms with van der Waals surface area (Å²) in [7, 11) is -1.79. The van der Waals surface area contributed by atoms with E-state index in [1.165, 1.54) is 38.5 Å². The molecule has 4 nitrogen and oxygen atoms in total. The Morgan fingerprint density at radius 2 is 1.72 bits per heavy atom. The molecule has 25 heavy (non-hydrogen) atoms. The van der Waals surface area contributed by atoms with Gasteiger partial charge in [-0.15, -0.1) is 11.6 Å². The number of nitrogens with one attached hydrogen (secondary N) is 1. The Bertz CT molecular complexity index is 497. The molecule has 1 N–H and O–H groups in total. The Kier molecular flexibility index (Phi) is 5.19. The van der Waals surface area contributed by atoms with Crippen molar-refractivity contribution in [1.29, 1.82) is 0 Å². The van der Waals surface area contributed by atoms with Crippen LogP contribution in [0.4, 0.5) is 0 Å². The molecule has 0 aromatic rings. The molecule has 2 bridgehead atoms. The monoisotopic (exact) mass is 366 g/mol. The van der Waals surface area contributed by atoms with E-state index in [1.807, 2.05) is 0 Å². The molecule has 0 saturated carbocycles. The maximum atomic E-state index is 12.7. The molecule has 3 aliphatic heterocycles. The van der Waals surface area contributed by atoms with Crippen molar-refractivity contribution in [3.05, 3.63) is 0 Å². The molecule has 0 aromatic heterocycles. The van der Waals surface area contributed by atoms with Crippen LogP contribution in [0, 0.1) is 5.92 Å². The molecule has 0 radical (unpaired) electrons. The van der Waals surface area contributed by atoms with Crippen LogP contribution in [0.1, 0.15) is 66.2 Å². The van der Waals surface area contributed by atoms with E-state index in [1.54, 1.807) is 0 Å². The van der Waals surface area contributed by atoms with E-state index < -0.39 is 14.8 Å². The molecule has 6 heteroatoms. The van der Waals surface area contributed by atoms with Gasteiger partial charge in [0.25, 0.3) is 5.97 Å². The van der Waals surface area contributed by atoms with Crippen molar-refractivity contribution in [1.82, 2.24) is 5.23 Å². The topological polar surface area (TPSA) is 47.6 Å². The van der Waals surface area contributed by atoms with Gasteiger partial charge in [-0.25, -0.2) is 0 Å². The van der Waals surface area contributed by atoms with Gasteiger partial charge in [-0.05, 0) is 18.1 Å². The summed E-state index contributed by atoms with van der Waals surface area (Å²) in [5.74, 6) is 1.26. The largest absolute Gasteiger partial charge is 0.673 e. The highest BCUT2D eigenvalue weighted by Gasteiger charge is 2.54. The van der Waals surface area contributed by atoms with Crippen molar-refractivity contribution in [3.8, 4) is 0 Å². The highest BCUT2D eigenvalue weighted by molar-refractivity contribution is 6.77. The summed E-state index contributed by atoms with van der Waals surface area (Å²) in [6, 6.07) is -0.189. The molecule has 2 atom stereocenters. The first-order valence-electron chi connectivity index (χ1n) is 10.4. The first kappa shape index (κ1) is 19.4. The molecule has 3 rings (SSSR count). The van der Waals surface area contributed by atoms with Gasteiger partial charge < -0.3 is 14.3 Å². The van der Waals surface area contributed by atoms with Gasteiger partial charge in [0.05, 0.1) is 6.04 Å². The molecule has 0 aromatic carbocycles. The van der Waals surface area contributed by atoms with Crippen molar-refractivity contribution in [2.24, 2.45) is 5.92 Å². The molecule has 3 fully saturated rings. The van der Waals surface area contributed by atoms with E-state index in [0.717, 1.165) is 0 Å². The van der Waals surface area contributed by atoms with Crippen LogP contribution >= 0.6 is 0 Å². The van der Waals surface area contributed by atoms with E-state index in [0.29, 0.717) is 18.2 Å². The van der Waals surface area contributed by atoms with Gasteiger partial charge in [-0.2, -0.15) is 0 Å². The molecule has 3 saturated heterocycles. The molecule has 144 valence electrons. The lowest BCUT2D eigenvalue weighted by Crippen LogP contribution is -2.61. The van der Waals surface area contributed by atoms with Gasteiger partial charge in [0, 0.05) is 12.5 Å². The van der Waals surface area contributed by atoms with Gasteiger partial charge >= 0.3 is 0 Å². The lowest BCUT2D eigenvalue weighted by atomic mass is 9.28. The standard InChI is InChI=1S/C19H37BNO3Si/c1-14(13-23-25(5,6)19(2,3)4)17-18(22)24-20(21-17)15-9-7-10-16(20)12-8-11-15/h14-17,21H,7-13H2,1-6H3/q-1/t14-,15?,16?,17-,20?/m1/s1. The fourth-order valence-electron chi connectivity index (χ4n) is 5.11. The number of hydrogen-bond acceptors (Lipinski definition) is 4. The number of rotatable bonds is 4. The maximum absolute atomic E-state index is 12.7. The SMILES string of the molecule is C[C@H](CO[Si](C)(C)C(C)(C)C)[C@H]1N[B-]2(OC1=O)C1CCCC2CCC1. The Labute approximate surface area is 154 Å². The van der Waals surface area contributed by atoms with Crippen molar-refractivity contribution < 1.29 is 13.9 Å². The van der Waals surface area contributed by atoms with Crippen molar-refractivity contribution in [3.63, 3.8) is 0 Å². The Balaban J connectivity index is 1.67. The first-order chi connectivity index (χ1) is 11.6. The third kappa shape index (κ3) is 3.46. The van der Waals surface area contributed by atoms with Crippen molar-refractivity contribution in [2.45, 2.75) is 102 Å². The minimum atomic E-state index is -1.79. The van der Waals surface area contributed by atoms with Crippen molar-refractivity contribution >= 4 is 20.8 Å². The average molecular weight is 366 g/mol. The predicted molar refractivity (Wildman–Crippen MR) is 106 cm³/mol. The molecule has 3 aliphatic rings. The zero-order valence-electron chi connectivity index (χ0n) is 17.1. The Morgan fingerprint density at radius 1 is 1.20 bits per heavy atom. The third-order valence-electron chi connectivity index (χ3n) is 7.79. The Morgan fingerprint density at radius 3 is 2.20 bits per heavy atom. The molecule has 0 amide bonds. The van der Waals surface area contributed by atoms with Crippen LogP contribution in [0.2, 0.25) is 29.8 Å². The second-order valence-corrected chi connectivity index (χ2v) is 15.2. The number of hydrogen-bond donors (Lipinski definition) is 1. The molecule has 1 spiro atoms. The average Bonchev–Trinajstić information content (AvgIpc) is 2.81. The maximum Gasteiger partial charge on any atom is 0.273 e. The minimum absolute atomic E-state index is 0.0230. The second kappa shape index (κ2) is 6.68. The fourth-order valence-corrected chi connectivity index (χ4v) is 6.22. The van der Waals surface area contributed by atoms with E-state index in [9.17, 15) is 4.79 Å². The van der Waals surface area contributed by atoms with Crippen LogP contribution in [-0.2, 0) is 13.9 Å². The van der Waals surface area contributed by atoms with Crippen LogP contribution in [-0.4, -0.2) is 33.4 Å². The fraction of sp³-hybridized carbons (Fsp3) is 0.947. The van der Waals surface area contributed by atoms with Crippen LogP contribution in [0.15, 0.2) is 0 Å². The summed E-state index contributed by atoms with van der Waals surface area (Å²) in [5.41, 5.74) is 0. The third-order valence-corrected chi connectivity index (χ3v) is 12.3. The summed E-state index contributed by atoms with van der Waals surface area (Å²) in [6.45, 7) is 12.9. The van der Waals surface area contributed by atoms with Gasteiger partial charge in [0.2, 0.25) is 6.48 Å². The minimum Gasteiger partial charge on any atom is -0.673 e. The summed E-state index contributed by atoms with van der Waals surface area (Å²) >= 11 is 0. The summed E-state index contributed by atoms with van der Waals surface area (Å²) in [4.78, 5) is 12.7.